The van der Waals surface area contributed by atoms with E-state index in [0.29, 0.717) is 32.1 Å². The number of guanidine groups is 1. The van der Waals surface area contributed by atoms with Gasteiger partial charge in [-0.15, -0.1) is 0 Å². The zero-order valence-corrected chi connectivity index (χ0v) is 14.9. The molecule has 0 aliphatic rings. The SMILES string of the molecule is CC[C@H](NC(=O)[C@H](C)NC(C)=O)C(=O)N[C@H](C=O)CCCN=C(N)N. The second-order valence-electron chi connectivity index (χ2n) is 5.59. The number of hydrogen-bond donors (Lipinski definition) is 5. The van der Waals surface area contributed by atoms with E-state index in [4.69, 9.17) is 11.5 Å². The minimum atomic E-state index is -0.802. The van der Waals surface area contributed by atoms with E-state index in [9.17, 15) is 19.2 Å². The fourth-order valence-electron chi connectivity index (χ4n) is 2.00. The van der Waals surface area contributed by atoms with Crippen LogP contribution in [0.15, 0.2) is 4.99 Å². The van der Waals surface area contributed by atoms with Gasteiger partial charge in [-0.3, -0.25) is 19.4 Å². The van der Waals surface area contributed by atoms with E-state index in [1.807, 2.05) is 0 Å². The van der Waals surface area contributed by atoms with Crippen LogP contribution in [0.25, 0.3) is 0 Å². The largest absolute Gasteiger partial charge is 0.370 e. The molecule has 0 spiro atoms. The van der Waals surface area contributed by atoms with E-state index in [0.717, 1.165) is 0 Å². The summed E-state index contributed by atoms with van der Waals surface area (Å²) >= 11 is 0. The van der Waals surface area contributed by atoms with Crippen LogP contribution in [0.4, 0.5) is 0 Å². The number of carbonyl (C=O) groups excluding carboxylic acids is 4. The van der Waals surface area contributed by atoms with Crippen molar-refractivity contribution in [1.29, 1.82) is 0 Å². The number of carbonyl (C=O) groups is 4. The lowest BCUT2D eigenvalue weighted by Crippen LogP contribution is -2.54. The maximum absolute atomic E-state index is 12.2. The molecule has 0 fully saturated rings. The summed E-state index contributed by atoms with van der Waals surface area (Å²) in [4.78, 5) is 50.1. The van der Waals surface area contributed by atoms with Crippen LogP contribution in [0, 0.1) is 0 Å². The third kappa shape index (κ3) is 9.95. The molecule has 0 saturated heterocycles. The fraction of sp³-hybridized carbons (Fsp3) is 0.667. The summed E-state index contributed by atoms with van der Waals surface area (Å²) in [5.74, 6) is -1.33. The van der Waals surface area contributed by atoms with Gasteiger partial charge >= 0.3 is 0 Å². The van der Waals surface area contributed by atoms with Crippen LogP contribution in [0.1, 0.15) is 40.0 Å². The van der Waals surface area contributed by atoms with Crippen LogP contribution in [-0.4, -0.2) is 54.6 Å². The van der Waals surface area contributed by atoms with Gasteiger partial charge in [-0.25, -0.2) is 0 Å². The lowest BCUT2D eigenvalue weighted by Gasteiger charge is -2.21. The molecule has 0 aromatic carbocycles. The number of aldehydes is 1. The van der Waals surface area contributed by atoms with Gasteiger partial charge in [0.15, 0.2) is 5.96 Å². The van der Waals surface area contributed by atoms with Gasteiger partial charge < -0.3 is 32.2 Å². The predicted molar refractivity (Wildman–Crippen MR) is 93.4 cm³/mol. The Hall–Kier alpha value is -2.65. The summed E-state index contributed by atoms with van der Waals surface area (Å²) in [5.41, 5.74) is 10.4. The van der Waals surface area contributed by atoms with Crippen LogP contribution >= 0.6 is 0 Å². The van der Waals surface area contributed by atoms with E-state index in [1.165, 1.54) is 13.8 Å². The molecule has 10 heteroatoms. The summed E-state index contributed by atoms with van der Waals surface area (Å²) in [6.45, 7) is 4.89. The number of amides is 3. The molecule has 0 aromatic heterocycles. The number of hydrogen-bond acceptors (Lipinski definition) is 5. The number of nitrogens with one attached hydrogen (secondary N) is 3. The lowest BCUT2D eigenvalue weighted by atomic mass is 10.1. The van der Waals surface area contributed by atoms with E-state index < -0.39 is 29.9 Å². The Morgan fingerprint density at radius 2 is 1.76 bits per heavy atom. The van der Waals surface area contributed by atoms with Crippen molar-refractivity contribution >= 4 is 30.0 Å². The first-order valence-corrected chi connectivity index (χ1v) is 8.09. The van der Waals surface area contributed by atoms with Gasteiger partial charge in [-0.1, -0.05) is 6.92 Å². The molecule has 0 aromatic rings. The smallest absolute Gasteiger partial charge is 0.243 e. The Balaban J connectivity index is 4.54. The Labute approximate surface area is 147 Å². The molecule has 25 heavy (non-hydrogen) atoms. The second kappa shape index (κ2) is 11.8. The zero-order valence-electron chi connectivity index (χ0n) is 14.9. The highest BCUT2D eigenvalue weighted by atomic mass is 16.2. The Morgan fingerprint density at radius 1 is 1.12 bits per heavy atom. The van der Waals surface area contributed by atoms with Crippen LogP contribution in [0.3, 0.4) is 0 Å². The molecular weight excluding hydrogens is 328 g/mol. The standard InChI is InChI=1S/C15H28N6O4/c1-4-12(21-13(24)9(2)19-10(3)23)14(25)20-11(8-22)6-5-7-18-15(16)17/h8-9,11-12H,4-7H2,1-3H3,(H,19,23)(H,20,25)(H,21,24)(H4,16,17,18)/t9-,11-,12-/m0/s1. The highest BCUT2D eigenvalue weighted by Crippen LogP contribution is 1.99. The van der Waals surface area contributed by atoms with E-state index in [2.05, 4.69) is 20.9 Å². The van der Waals surface area contributed by atoms with Gasteiger partial charge in [0.2, 0.25) is 17.7 Å². The summed E-state index contributed by atoms with van der Waals surface area (Å²) in [5, 5.41) is 7.55. The maximum atomic E-state index is 12.2. The van der Waals surface area contributed by atoms with Gasteiger partial charge in [-0.2, -0.15) is 0 Å². The second-order valence-corrected chi connectivity index (χ2v) is 5.59. The number of nitrogens with two attached hydrogens (primary N) is 2. The first kappa shape index (κ1) is 22.4. The molecule has 0 aliphatic carbocycles. The van der Waals surface area contributed by atoms with Gasteiger partial charge in [-0.05, 0) is 26.2 Å². The monoisotopic (exact) mass is 356 g/mol. The van der Waals surface area contributed by atoms with E-state index in [1.54, 1.807) is 6.92 Å². The molecule has 3 amide bonds. The van der Waals surface area contributed by atoms with Crippen LogP contribution in [0.2, 0.25) is 0 Å². The Kier molecular flexibility index (Phi) is 10.6. The molecule has 0 unspecified atom stereocenters. The molecule has 0 aliphatic heterocycles. The number of nitrogens with zero attached hydrogens (tertiary/aromatic N) is 1. The third-order valence-electron chi connectivity index (χ3n) is 3.31. The van der Waals surface area contributed by atoms with Crippen molar-refractivity contribution in [3.63, 3.8) is 0 Å². The molecule has 0 rings (SSSR count). The normalized spacial score (nSPS) is 13.7. The van der Waals surface area contributed by atoms with Crippen molar-refractivity contribution in [2.24, 2.45) is 16.5 Å². The summed E-state index contributed by atoms with van der Waals surface area (Å²) < 4.78 is 0. The number of rotatable bonds is 11. The van der Waals surface area contributed by atoms with Crippen molar-refractivity contribution < 1.29 is 19.2 Å². The van der Waals surface area contributed by atoms with Crippen molar-refractivity contribution in [1.82, 2.24) is 16.0 Å². The molecule has 3 atom stereocenters. The fourth-order valence-corrected chi connectivity index (χ4v) is 2.00. The van der Waals surface area contributed by atoms with Crippen LogP contribution in [0.5, 0.6) is 0 Å². The molecule has 0 bridgehead atoms. The highest BCUT2D eigenvalue weighted by molar-refractivity contribution is 5.92. The van der Waals surface area contributed by atoms with Crippen molar-refractivity contribution in [2.45, 2.75) is 58.2 Å². The van der Waals surface area contributed by atoms with Crippen LogP contribution in [-0.2, 0) is 19.2 Å². The molecule has 0 radical (unpaired) electrons. The molecule has 0 saturated carbocycles. The van der Waals surface area contributed by atoms with Gasteiger partial charge in [0.25, 0.3) is 0 Å². The molecule has 7 N–H and O–H groups in total. The van der Waals surface area contributed by atoms with Crippen molar-refractivity contribution in [3.05, 3.63) is 0 Å². The highest BCUT2D eigenvalue weighted by Gasteiger charge is 2.24. The average molecular weight is 356 g/mol. The first-order valence-electron chi connectivity index (χ1n) is 8.09. The topological polar surface area (TPSA) is 169 Å². The zero-order chi connectivity index (χ0) is 19.4. The van der Waals surface area contributed by atoms with Crippen LogP contribution < -0.4 is 27.4 Å². The first-order chi connectivity index (χ1) is 11.7. The van der Waals surface area contributed by atoms with Crippen molar-refractivity contribution in [2.75, 3.05) is 6.54 Å². The molecule has 0 heterocycles. The average Bonchev–Trinajstić information content (AvgIpc) is 2.53. The van der Waals surface area contributed by atoms with E-state index in [-0.39, 0.29) is 11.9 Å². The predicted octanol–water partition coefficient (Wildman–Crippen LogP) is -1.86. The van der Waals surface area contributed by atoms with E-state index >= 15 is 0 Å². The van der Waals surface area contributed by atoms with Gasteiger partial charge in [0.1, 0.15) is 18.4 Å². The number of aliphatic imine (C=N–C) groups is 1. The lowest BCUT2D eigenvalue weighted by molar-refractivity contribution is -0.132. The minimum Gasteiger partial charge on any atom is -0.370 e. The summed E-state index contributed by atoms with van der Waals surface area (Å²) in [7, 11) is 0. The summed E-state index contributed by atoms with van der Waals surface area (Å²) in [6, 6.07) is -2.26. The molecule has 10 nitrogen and oxygen atoms in total. The Morgan fingerprint density at radius 3 is 2.24 bits per heavy atom. The van der Waals surface area contributed by atoms with Crippen molar-refractivity contribution in [3.8, 4) is 0 Å². The van der Waals surface area contributed by atoms with Gasteiger partial charge in [0.05, 0.1) is 6.04 Å². The maximum Gasteiger partial charge on any atom is 0.243 e. The Bertz CT molecular complexity index is 504. The minimum absolute atomic E-state index is 0.0336. The summed E-state index contributed by atoms with van der Waals surface area (Å²) in [6.07, 6.45) is 1.86. The quantitative estimate of drug-likeness (QED) is 0.126. The molecular formula is C15H28N6O4. The van der Waals surface area contributed by atoms with Gasteiger partial charge in [0, 0.05) is 13.5 Å². The third-order valence-corrected chi connectivity index (χ3v) is 3.31. The molecule has 142 valence electrons.